The summed E-state index contributed by atoms with van der Waals surface area (Å²) in [5.74, 6) is -3.52. The zero-order chi connectivity index (χ0) is 20.8. The number of carbonyl (C=O) groups is 4. The Morgan fingerprint density at radius 3 is 2.57 bits per heavy atom. The maximum absolute atomic E-state index is 12.5. The van der Waals surface area contributed by atoms with Crippen LogP contribution < -0.4 is 0 Å². The summed E-state index contributed by atoms with van der Waals surface area (Å²) >= 11 is 0. The molecule has 6 atom stereocenters. The van der Waals surface area contributed by atoms with Crippen LogP contribution in [0, 0.1) is 11.8 Å². The number of carbonyl (C=O) groups excluding carboxylic acids is 4. The molecule has 3 aliphatic heterocycles. The average Bonchev–Trinajstić information content (AvgIpc) is 2.96. The van der Waals surface area contributed by atoms with Crippen molar-refractivity contribution in [2.45, 2.75) is 58.5 Å². The first kappa shape index (κ1) is 20.3. The smallest absolute Gasteiger partial charge is 0.334 e. The average molecular weight is 392 g/mol. The molecule has 0 aromatic rings. The van der Waals surface area contributed by atoms with Crippen molar-refractivity contribution in [2.75, 3.05) is 6.61 Å². The first-order valence-electron chi connectivity index (χ1n) is 9.19. The molecule has 0 saturated carbocycles. The molecule has 0 unspecified atom stereocenters. The molecule has 2 saturated heterocycles. The highest BCUT2D eigenvalue weighted by molar-refractivity contribution is 5.94. The number of allylic oxidation sites excluding steroid dienone is 1. The molecule has 3 aliphatic rings. The van der Waals surface area contributed by atoms with Gasteiger partial charge in [-0.05, 0) is 40.7 Å². The fourth-order valence-corrected chi connectivity index (χ4v) is 3.80. The van der Waals surface area contributed by atoms with Crippen LogP contribution in [0.1, 0.15) is 34.6 Å². The van der Waals surface area contributed by atoms with E-state index < -0.39 is 59.4 Å². The third kappa shape index (κ3) is 3.15. The van der Waals surface area contributed by atoms with Gasteiger partial charge in [0, 0.05) is 11.1 Å². The minimum Gasteiger partial charge on any atom is -0.457 e. The quantitative estimate of drug-likeness (QED) is 0.402. The van der Waals surface area contributed by atoms with Crippen molar-refractivity contribution in [1.29, 1.82) is 0 Å². The highest BCUT2D eigenvalue weighted by Crippen LogP contribution is 2.44. The largest absolute Gasteiger partial charge is 0.457 e. The summed E-state index contributed by atoms with van der Waals surface area (Å²) < 4.78 is 22.5. The van der Waals surface area contributed by atoms with E-state index in [-0.39, 0.29) is 12.2 Å². The maximum atomic E-state index is 12.5. The number of ketones is 1. The Morgan fingerprint density at radius 1 is 1.29 bits per heavy atom. The lowest BCUT2D eigenvalue weighted by Gasteiger charge is -2.44. The lowest BCUT2D eigenvalue weighted by Crippen LogP contribution is -2.62. The molecule has 2 fully saturated rings. The highest BCUT2D eigenvalue weighted by atomic mass is 16.6. The number of Topliss-reactive ketones (excluding diaryl/α,β-unsaturated/α-hetero) is 1. The lowest BCUT2D eigenvalue weighted by atomic mass is 9.76. The standard InChI is InChI=1S/C20H24O8/c1-6-9(2)17(22)27-15-14-12-8-25-16(15)20(5,11(4)21)28-18(23)10(3)7-13(14)26-19(12)24/h6-7,12-16H,8H2,1-5H3/b9-6+,10-7+/t12-,13+,14+,15-,16+,20-/m1/s1. The van der Waals surface area contributed by atoms with Gasteiger partial charge in [0.15, 0.2) is 11.4 Å². The van der Waals surface area contributed by atoms with Crippen LogP contribution in [0.5, 0.6) is 0 Å². The van der Waals surface area contributed by atoms with Crippen molar-refractivity contribution in [3.05, 3.63) is 23.3 Å². The van der Waals surface area contributed by atoms with E-state index in [0.717, 1.165) is 0 Å². The molecule has 8 heteroatoms. The van der Waals surface area contributed by atoms with Crippen LogP contribution in [-0.2, 0) is 38.1 Å². The number of hydrogen-bond donors (Lipinski definition) is 0. The molecule has 152 valence electrons. The zero-order valence-electron chi connectivity index (χ0n) is 16.5. The van der Waals surface area contributed by atoms with E-state index in [0.29, 0.717) is 5.57 Å². The summed E-state index contributed by atoms with van der Waals surface area (Å²) in [4.78, 5) is 49.8. The Morgan fingerprint density at radius 2 is 1.96 bits per heavy atom. The van der Waals surface area contributed by atoms with E-state index in [9.17, 15) is 19.2 Å². The Kier molecular flexibility index (Phi) is 5.18. The van der Waals surface area contributed by atoms with Crippen LogP contribution in [0.2, 0.25) is 0 Å². The van der Waals surface area contributed by atoms with E-state index >= 15 is 0 Å². The first-order valence-corrected chi connectivity index (χ1v) is 9.19. The fourth-order valence-electron chi connectivity index (χ4n) is 3.80. The second-order valence-electron chi connectivity index (χ2n) is 7.58. The number of hydrogen-bond acceptors (Lipinski definition) is 8. The summed E-state index contributed by atoms with van der Waals surface area (Å²) in [6, 6.07) is 0. The number of cyclic esters (lactones) is 1. The predicted octanol–water partition coefficient (Wildman–Crippen LogP) is 1.27. The Hall–Kier alpha value is -2.48. The number of rotatable bonds is 3. The molecular weight excluding hydrogens is 368 g/mol. The van der Waals surface area contributed by atoms with Gasteiger partial charge >= 0.3 is 17.9 Å². The van der Waals surface area contributed by atoms with Crippen LogP contribution in [0.3, 0.4) is 0 Å². The normalized spacial score (nSPS) is 39.5. The summed E-state index contributed by atoms with van der Waals surface area (Å²) in [6.07, 6.45) is 0.220. The second-order valence-corrected chi connectivity index (χ2v) is 7.58. The summed E-state index contributed by atoms with van der Waals surface area (Å²) in [6.45, 7) is 7.51. The molecule has 0 spiro atoms. The molecule has 0 radical (unpaired) electrons. The first-order chi connectivity index (χ1) is 13.1. The Bertz CT molecular complexity index is 794. The zero-order valence-corrected chi connectivity index (χ0v) is 16.5. The molecule has 8 nitrogen and oxygen atoms in total. The predicted molar refractivity (Wildman–Crippen MR) is 94.8 cm³/mol. The minimum atomic E-state index is -1.69. The van der Waals surface area contributed by atoms with Crippen molar-refractivity contribution in [3.63, 3.8) is 0 Å². The molecule has 0 amide bonds. The molecule has 0 aliphatic carbocycles. The molecule has 0 aromatic carbocycles. The maximum Gasteiger partial charge on any atom is 0.334 e. The monoisotopic (exact) mass is 392 g/mol. The SMILES string of the molecule is C/C=C(\C)C(=O)O[C@@H]1[C@@H]2[C@@H]3/C=C(\C)C(=O)O[C@](C)(C(C)=O)[C@H]1OC[C@H]2C(=O)O3. The molecule has 0 aromatic heterocycles. The molecule has 3 rings (SSSR count). The molecular formula is C20H24O8. The van der Waals surface area contributed by atoms with Crippen LogP contribution in [0.4, 0.5) is 0 Å². The van der Waals surface area contributed by atoms with Crippen LogP contribution in [-0.4, -0.2) is 54.2 Å². The Balaban J connectivity index is 2.14. The summed E-state index contributed by atoms with van der Waals surface area (Å²) in [5, 5.41) is 0. The summed E-state index contributed by atoms with van der Waals surface area (Å²) in [7, 11) is 0. The van der Waals surface area contributed by atoms with Gasteiger partial charge in [-0.25, -0.2) is 9.59 Å². The van der Waals surface area contributed by atoms with E-state index in [4.69, 9.17) is 18.9 Å². The van der Waals surface area contributed by atoms with Crippen LogP contribution in [0.15, 0.2) is 23.3 Å². The topological polar surface area (TPSA) is 105 Å². The van der Waals surface area contributed by atoms with Gasteiger partial charge in [-0.1, -0.05) is 6.08 Å². The van der Waals surface area contributed by atoms with Crippen molar-refractivity contribution >= 4 is 23.7 Å². The van der Waals surface area contributed by atoms with Crippen molar-refractivity contribution in [3.8, 4) is 0 Å². The van der Waals surface area contributed by atoms with Gasteiger partial charge in [-0.3, -0.25) is 9.59 Å². The second kappa shape index (κ2) is 7.16. The molecule has 3 heterocycles. The van der Waals surface area contributed by atoms with Crippen molar-refractivity contribution in [2.24, 2.45) is 11.8 Å². The van der Waals surface area contributed by atoms with Gasteiger partial charge in [0.1, 0.15) is 18.3 Å². The van der Waals surface area contributed by atoms with Crippen LogP contribution >= 0.6 is 0 Å². The lowest BCUT2D eigenvalue weighted by molar-refractivity contribution is -0.219. The fraction of sp³-hybridized carbons (Fsp3) is 0.600. The third-order valence-electron chi connectivity index (χ3n) is 5.81. The van der Waals surface area contributed by atoms with E-state index in [2.05, 4.69) is 0 Å². The van der Waals surface area contributed by atoms with Crippen LogP contribution in [0.25, 0.3) is 0 Å². The number of fused-ring (bicyclic) bond motifs is 1. The van der Waals surface area contributed by atoms with E-state index in [1.165, 1.54) is 26.8 Å². The van der Waals surface area contributed by atoms with E-state index in [1.54, 1.807) is 19.9 Å². The third-order valence-corrected chi connectivity index (χ3v) is 5.81. The summed E-state index contributed by atoms with van der Waals surface area (Å²) in [5.41, 5.74) is -1.12. The number of esters is 3. The van der Waals surface area contributed by atoms with E-state index in [1.807, 2.05) is 0 Å². The van der Waals surface area contributed by atoms with Gasteiger partial charge in [-0.2, -0.15) is 0 Å². The highest BCUT2D eigenvalue weighted by Gasteiger charge is 2.61. The molecule has 28 heavy (non-hydrogen) atoms. The van der Waals surface area contributed by atoms with Gasteiger partial charge < -0.3 is 18.9 Å². The molecule has 2 bridgehead atoms. The molecule has 0 N–H and O–H groups in total. The van der Waals surface area contributed by atoms with Crippen molar-refractivity contribution < 1.29 is 38.1 Å². The minimum absolute atomic E-state index is 0.0192. The Labute approximate surface area is 162 Å². The van der Waals surface area contributed by atoms with Gasteiger partial charge in [0.2, 0.25) is 0 Å². The number of ether oxygens (including phenoxy) is 4. The van der Waals surface area contributed by atoms with Gasteiger partial charge in [-0.15, -0.1) is 0 Å². The van der Waals surface area contributed by atoms with Crippen molar-refractivity contribution in [1.82, 2.24) is 0 Å². The van der Waals surface area contributed by atoms with Gasteiger partial charge in [0.05, 0.1) is 18.4 Å². The van der Waals surface area contributed by atoms with Gasteiger partial charge in [0.25, 0.3) is 0 Å².